The van der Waals surface area contributed by atoms with Crippen LogP contribution in [-0.4, -0.2) is 74.6 Å². The van der Waals surface area contributed by atoms with E-state index in [0.717, 1.165) is 0 Å². The summed E-state index contributed by atoms with van der Waals surface area (Å²) in [4.78, 5) is 55.5. The minimum atomic E-state index is -1.31. The monoisotopic (exact) mass is 440 g/mol. The molecule has 0 aromatic carbocycles. The molecule has 4 atom stereocenters. The maximum atomic E-state index is 12.7. The number of carboxylic acid groups (broad SMARTS) is 1. The number of carbonyl (C=O) groups excluding carboxylic acids is 3. The van der Waals surface area contributed by atoms with Crippen LogP contribution in [0.5, 0.6) is 0 Å². The third-order valence-corrected chi connectivity index (χ3v) is 4.68. The van der Waals surface area contributed by atoms with E-state index in [1.807, 2.05) is 0 Å². The molecule has 8 N–H and O–H groups in total. The highest BCUT2D eigenvalue weighted by molar-refractivity contribution is 5.94. The van der Waals surface area contributed by atoms with Crippen molar-refractivity contribution in [1.29, 1.82) is 0 Å². The highest BCUT2D eigenvalue weighted by Gasteiger charge is 2.32. The lowest BCUT2D eigenvalue weighted by Crippen LogP contribution is -2.59. The highest BCUT2D eigenvalue weighted by Crippen LogP contribution is 2.06. The molecule has 1 aromatic rings. The van der Waals surface area contributed by atoms with E-state index in [2.05, 4.69) is 25.9 Å². The summed E-state index contributed by atoms with van der Waals surface area (Å²) in [5, 5.41) is 26.2. The lowest BCUT2D eigenvalue weighted by atomic mass is 10.0. The quantitative estimate of drug-likeness (QED) is 0.196. The van der Waals surface area contributed by atoms with Crippen molar-refractivity contribution in [2.45, 2.75) is 58.3 Å². The van der Waals surface area contributed by atoms with E-state index in [-0.39, 0.29) is 12.3 Å². The number of aliphatic hydroxyl groups excluding tert-OH is 1. The van der Waals surface area contributed by atoms with Crippen LogP contribution in [0.4, 0.5) is 0 Å². The molecule has 1 rings (SSSR count). The number of rotatable bonds is 12. The number of H-pyrrole nitrogens is 1. The van der Waals surface area contributed by atoms with Gasteiger partial charge < -0.3 is 36.9 Å². The van der Waals surface area contributed by atoms with Crippen molar-refractivity contribution in [2.24, 2.45) is 17.6 Å². The van der Waals surface area contributed by atoms with Crippen LogP contribution in [0.3, 0.4) is 0 Å². The summed E-state index contributed by atoms with van der Waals surface area (Å²) >= 11 is 0. The van der Waals surface area contributed by atoms with E-state index in [9.17, 15) is 29.4 Å². The molecule has 0 saturated heterocycles. The van der Waals surface area contributed by atoms with Crippen molar-refractivity contribution in [2.75, 3.05) is 6.61 Å². The van der Waals surface area contributed by atoms with Crippen LogP contribution < -0.4 is 21.7 Å². The zero-order valence-corrected chi connectivity index (χ0v) is 18.1. The first kappa shape index (κ1) is 26.0. The maximum Gasteiger partial charge on any atom is 0.326 e. The SMILES string of the molecule is CC(C)C(N)C(=O)NC(CO)C(=O)NC(C(=O)NC(Cc1cnc[nH]1)C(=O)O)C(C)C. The van der Waals surface area contributed by atoms with Crippen LogP contribution in [0, 0.1) is 11.8 Å². The fourth-order valence-electron chi connectivity index (χ4n) is 2.63. The Balaban J connectivity index is 2.84. The predicted molar refractivity (Wildman–Crippen MR) is 110 cm³/mol. The number of aliphatic carboxylic acids is 1. The van der Waals surface area contributed by atoms with Crippen molar-refractivity contribution in [1.82, 2.24) is 25.9 Å². The molecule has 4 unspecified atom stereocenters. The number of nitrogens with zero attached hydrogens (tertiary/aromatic N) is 1. The largest absolute Gasteiger partial charge is 0.480 e. The molecule has 0 radical (unpaired) electrons. The number of nitrogens with one attached hydrogen (secondary N) is 4. The summed E-state index contributed by atoms with van der Waals surface area (Å²) in [6, 6.07) is -4.53. The molecule has 0 bridgehead atoms. The van der Waals surface area contributed by atoms with Gasteiger partial charge in [0, 0.05) is 18.3 Å². The first-order valence-electron chi connectivity index (χ1n) is 9.95. The highest BCUT2D eigenvalue weighted by atomic mass is 16.4. The molecule has 174 valence electrons. The first-order chi connectivity index (χ1) is 14.5. The molecule has 12 nitrogen and oxygen atoms in total. The van der Waals surface area contributed by atoms with Gasteiger partial charge in [-0.3, -0.25) is 14.4 Å². The number of hydrogen-bond donors (Lipinski definition) is 7. The Bertz CT molecular complexity index is 751. The molecule has 12 heteroatoms. The van der Waals surface area contributed by atoms with Gasteiger partial charge in [-0.15, -0.1) is 0 Å². The molecule has 0 saturated carbocycles. The molecule has 0 aliphatic rings. The molecule has 1 aromatic heterocycles. The number of aromatic nitrogens is 2. The van der Waals surface area contributed by atoms with Crippen LogP contribution in [-0.2, 0) is 25.6 Å². The van der Waals surface area contributed by atoms with Gasteiger partial charge in [0.25, 0.3) is 0 Å². The van der Waals surface area contributed by atoms with Crippen LogP contribution in [0.2, 0.25) is 0 Å². The molecule has 31 heavy (non-hydrogen) atoms. The molecule has 0 spiro atoms. The lowest BCUT2D eigenvalue weighted by molar-refractivity contribution is -0.142. The maximum absolute atomic E-state index is 12.7. The number of nitrogens with two attached hydrogens (primary N) is 1. The van der Waals surface area contributed by atoms with E-state index in [0.29, 0.717) is 5.69 Å². The lowest BCUT2D eigenvalue weighted by Gasteiger charge is -2.26. The number of aromatic amines is 1. The van der Waals surface area contributed by atoms with Gasteiger partial charge in [0.15, 0.2) is 0 Å². The molecule has 1 heterocycles. The van der Waals surface area contributed by atoms with Gasteiger partial charge >= 0.3 is 5.97 Å². The number of imidazole rings is 1. The number of carboxylic acids is 1. The summed E-state index contributed by atoms with van der Waals surface area (Å²) in [6.45, 7) is 6.10. The predicted octanol–water partition coefficient (Wildman–Crippen LogP) is -1.88. The topological polar surface area (TPSA) is 200 Å². The third-order valence-electron chi connectivity index (χ3n) is 4.68. The fourth-order valence-corrected chi connectivity index (χ4v) is 2.63. The summed E-state index contributed by atoms with van der Waals surface area (Å²) in [5.74, 6) is -3.95. The molecular weight excluding hydrogens is 408 g/mol. The first-order valence-corrected chi connectivity index (χ1v) is 9.95. The summed E-state index contributed by atoms with van der Waals surface area (Å²) in [5.41, 5.74) is 6.26. The molecular formula is C19H32N6O6. The van der Waals surface area contributed by atoms with Gasteiger partial charge in [-0.1, -0.05) is 27.7 Å². The smallest absolute Gasteiger partial charge is 0.326 e. The number of aliphatic hydroxyl groups is 1. The Labute approximate surface area is 180 Å². The normalized spacial score (nSPS) is 15.1. The Hall–Kier alpha value is -2.99. The minimum absolute atomic E-state index is 0.0255. The molecule has 0 fully saturated rings. The Morgan fingerprint density at radius 3 is 2.06 bits per heavy atom. The van der Waals surface area contributed by atoms with Gasteiger partial charge in [-0.05, 0) is 11.8 Å². The average molecular weight is 441 g/mol. The van der Waals surface area contributed by atoms with Crippen molar-refractivity contribution >= 4 is 23.7 Å². The Morgan fingerprint density at radius 2 is 1.61 bits per heavy atom. The number of carbonyl (C=O) groups is 4. The van der Waals surface area contributed by atoms with Crippen molar-refractivity contribution < 1.29 is 29.4 Å². The van der Waals surface area contributed by atoms with Crippen LogP contribution >= 0.6 is 0 Å². The van der Waals surface area contributed by atoms with Gasteiger partial charge in [-0.2, -0.15) is 0 Å². The molecule has 3 amide bonds. The average Bonchev–Trinajstić information content (AvgIpc) is 3.21. The van der Waals surface area contributed by atoms with E-state index in [1.165, 1.54) is 12.5 Å². The summed E-state index contributed by atoms with van der Waals surface area (Å²) in [7, 11) is 0. The van der Waals surface area contributed by atoms with E-state index in [4.69, 9.17) is 5.73 Å². The number of amides is 3. The second kappa shape index (κ2) is 12.0. The third kappa shape index (κ3) is 7.98. The van der Waals surface area contributed by atoms with Crippen molar-refractivity contribution in [3.05, 3.63) is 18.2 Å². The second-order valence-corrected chi connectivity index (χ2v) is 7.92. The van der Waals surface area contributed by atoms with Crippen molar-refractivity contribution in [3.8, 4) is 0 Å². The zero-order valence-electron chi connectivity index (χ0n) is 18.1. The minimum Gasteiger partial charge on any atom is -0.480 e. The number of hydrogen-bond acceptors (Lipinski definition) is 7. The van der Waals surface area contributed by atoms with Crippen LogP contribution in [0.25, 0.3) is 0 Å². The van der Waals surface area contributed by atoms with Crippen molar-refractivity contribution in [3.63, 3.8) is 0 Å². The van der Waals surface area contributed by atoms with Gasteiger partial charge in [-0.25, -0.2) is 9.78 Å². The second-order valence-electron chi connectivity index (χ2n) is 7.92. The Kier molecular flexibility index (Phi) is 10.1. The Morgan fingerprint density at radius 1 is 1.00 bits per heavy atom. The standard InChI is InChI=1S/C19H32N6O6/c1-9(2)14(20)17(28)24-13(7-26)16(27)25-15(10(3)4)18(29)23-12(19(30)31)5-11-6-21-8-22-11/h6,8-10,12-15,26H,5,7,20H2,1-4H3,(H,21,22)(H,23,29)(H,24,28)(H,25,27)(H,30,31). The summed E-state index contributed by atoms with van der Waals surface area (Å²) < 4.78 is 0. The van der Waals surface area contributed by atoms with Gasteiger partial charge in [0.05, 0.1) is 19.0 Å². The van der Waals surface area contributed by atoms with Crippen LogP contribution in [0.15, 0.2) is 12.5 Å². The van der Waals surface area contributed by atoms with E-state index < -0.39 is 60.4 Å². The summed E-state index contributed by atoms with van der Waals surface area (Å²) in [6.07, 6.45) is 2.81. The molecule has 0 aliphatic carbocycles. The van der Waals surface area contributed by atoms with Crippen LogP contribution in [0.1, 0.15) is 33.4 Å². The van der Waals surface area contributed by atoms with Gasteiger partial charge in [0.2, 0.25) is 17.7 Å². The zero-order chi connectivity index (χ0) is 23.7. The molecule has 0 aliphatic heterocycles. The van der Waals surface area contributed by atoms with E-state index >= 15 is 0 Å². The van der Waals surface area contributed by atoms with Gasteiger partial charge in [0.1, 0.15) is 18.1 Å². The fraction of sp³-hybridized carbons (Fsp3) is 0.632. The van der Waals surface area contributed by atoms with E-state index in [1.54, 1.807) is 27.7 Å².